The van der Waals surface area contributed by atoms with E-state index in [0.717, 1.165) is 33.1 Å². The minimum Gasteiger partial charge on any atom is -0.489 e. The lowest BCUT2D eigenvalue weighted by Gasteiger charge is -2.09. The molecule has 4 rings (SSSR count). The molecular formula is C25H22N4O2S. The van der Waals surface area contributed by atoms with Gasteiger partial charge in [0, 0.05) is 47.4 Å². The van der Waals surface area contributed by atoms with E-state index in [4.69, 9.17) is 4.74 Å². The number of thiazole rings is 1. The first-order valence-electron chi connectivity index (χ1n) is 10.1. The van der Waals surface area contributed by atoms with Gasteiger partial charge in [0.05, 0.1) is 11.7 Å². The standard InChI is InChI=1S/C25H22N4O2S/c1-18(25-29-23(17-32-25)21-5-3-13-27-15-21)28-24(30)11-8-19-6-9-22(10-7-19)31-16-20-4-2-12-26-14-20/h2-15,17-18H,16H2,1H3,(H,28,30). The molecule has 0 radical (unpaired) electrons. The lowest BCUT2D eigenvalue weighted by atomic mass is 10.2. The van der Waals surface area contributed by atoms with Crippen molar-refractivity contribution in [1.82, 2.24) is 20.3 Å². The summed E-state index contributed by atoms with van der Waals surface area (Å²) in [5.41, 5.74) is 3.74. The summed E-state index contributed by atoms with van der Waals surface area (Å²) in [6.45, 7) is 2.38. The number of ether oxygens (including phenoxy) is 1. The highest BCUT2D eigenvalue weighted by molar-refractivity contribution is 7.10. The van der Waals surface area contributed by atoms with E-state index in [1.165, 1.54) is 17.4 Å². The van der Waals surface area contributed by atoms with Gasteiger partial charge in [-0.1, -0.05) is 18.2 Å². The van der Waals surface area contributed by atoms with Gasteiger partial charge in [-0.25, -0.2) is 4.98 Å². The first kappa shape index (κ1) is 21.4. The Morgan fingerprint density at radius 1 is 1.09 bits per heavy atom. The first-order chi connectivity index (χ1) is 15.7. The van der Waals surface area contributed by atoms with Gasteiger partial charge in [-0.3, -0.25) is 14.8 Å². The van der Waals surface area contributed by atoms with E-state index in [1.807, 2.05) is 60.8 Å². The molecule has 32 heavy (non-hydrogen) atoms. The third-order valence-electron chi connectivity index (χ3n) is 4.64. The number of rotatable bonds is 8. The minimum absolute atomic E-state index is 0.174. The molecule has 7 heteroatoms. The molecule has 0 spiro atoms. The van der Waals surface area contributed by atoms with E-state index in [2.05, 4.69) is 20.3 Å². The molecule has 0 fully saturated rings. The zero-order valence-corrected chi connectivity index (χ0v) is 18.3. The van der Waals surface area contributed by atoms with Gasteiger partial charge < -0.3 is 10.1 Å². The average molecular weight is 443 g/mol. The van der Waals surface area contributed by atoms with Gasteiger partial charge in [-0.15, -0.1) is 11.3 Å². The Bertz CT molecular complexity index is 1180. The molecule has 1 N–H and O–H groups in total. The van der Waals surface area contributed by atoms with Crippen LogP contribution in [0, 0.1) is 0 Å². The molecule has 3 heterocycles. The van der Waals surface area contributed by atoms with Crippen molar-refractivity contribution in [2.24, 2.45) is 0 Å². The number of pyridine rings is 2. The zero-order chi connectivity index (χ0) is 22.2. The van der Waals surface area contributed by atoms with Crippen LogP contribution >= 0.6 is 11.3 Å². The Morgan fingerprint density at radius 3 is 2.59 bits per heavy atom. The Kier molecular flexibility index (Phi) is 6.99. The zero-order valence-electron chi connectivity index (χ0n) is 17.5. The van der Waals surface area contributed by atoms with Crippen molar-refractivity contribution in [2.45, 2.75) is 19.6 Å². The number of benzene rings is 1. The predicted octanol–water partition coefficient (Wildman–Crippen LogP) is 5.07. The van der Waals surface area contributed by atoms with Crippen molar-refractivity contribution < 1.29 is 9.53 Å². The maximum Gasteiger partial charge on any atom is 0.244 e. The Morgan fingerprint density at radius 2 is 1.88 bits per heavy atom. The quantitative estimate of drug-likeness (QED) is 0.386. The Balaban J connectivity index is 1.29. The van der Waals surface area contributed by atoms with Gasteiger partial charge in [-0.05, 0) is 48.9 Å². The molecular weight excluding hydrogens is 420 g/mol. The smallest absolute Gasteiger partial charge is 0.244 e. The number of carbonyl (C=O) groups excluding carboxylic acids is 1. The van der Waals surface area contributed by atoms with E-state index < -0.39 is 0 Å². The normalized spacial score (nSPS) is 11.9. The number of hydrogen-bond donors (Lipinski definition) is 1. The van der Waals surface area contributed by atoms with Crippen molar-refractivity contribution in [2.75, 3.05) is 0 Å². The van der Waals surface area contributed by atoms with Crippen LogP contribution in [-0.4, -0.2) is 20.9 Å². The molecule has 4 aromatic rings. The maximum atomic E-state index is 12.3. The van der Waals surface area contributed by atoms with Gasteiger partial charge >= 0.3 is 0 Å². The summed E-state index contributed by atoms with van der Waals surface area (Å²) in [5, 5.41) is 5.78. The van der Waals surface area contributed by atoms with Crippen molar-refractivity contribution in [1.29, 1.82) is 0 Å². The van der Waals surface area contributed by atoms with E-state index in [-0.39, 0.29) is 11.9 Å². The van der Waals surface area contributed by atoms with Crippen LogP contribution in [0.25, 0.3) is 17.3 Å². The average Bonchev–Trinajstić information content (AvgIpc) is 3.34. The molecule has 160 valence electrons. The summed E-state index contributed by atoms with van der Waals surface area (Å²) in [4.78, 5) is 25.2. The molecule has 0 aliphatic carbocycles. The second-order valence-electron chi connectivity index (χ2n) is 7.10. The second-order valence-corrected chi connectivity index (χ2v) is 7.98. The van der Waals surface area contributed by atoms with Crippen molar-refractivity contribution >= 4 is 23.3 Å². The molecule has 0 aliphatic rings. The Labute approximate surface area is 190 Å². The molecule has 3 aromatic heterocycles. The van der Waals surface area contributed by atoms with Crippen LogP contribution < -0.4 is 10.1 Å². The third-order valence-corrected chi connectivity index (χ3v) is 5.67. The number of aromatic nitrogens is 3. The summed E-state index contributed by atoms with van der Waals surface area (Å²) in [5.74, 6) is 0.588. The van der Waals surface area contributed by atoms with Crippen molar-refractivity contribution in [3.8, 4) is 17.0 Å². The summed E-state index contributed by atoms with van der Waals surface area (Å²) >= 11 is 1.52. The predicted molar refractivity (Wildman–Crippen MR) is 126 cm³/mol. The summed E-state index contributed by atoms with van der Waals surface area (Å²) in [7, 11) is 0. The molecule has 1 aromatic carbocycles. The van der Waals surface area contributed by atoms with E-state index in [1.54, 1.807) is 30.9 Å². The van der Waals surface area contributed by atoms with Crippen molar-refractivity contribution in [3.63, 3.8) is 0 Å². The number of carbonyl (C=O) groups is 1. The van der Waals surface area contributed by atoms with E-state index in [9.17, 15) is 4.79 Å². The van der Waals surface area contributed by atoms with Gasteiger partial charge in [0.2, 0.25) is 5.91 Å². The van der Waals surface area contributed by atoms with Crippen LogP contribution in [0.4, 0.5) is 0 Å². The monoisotopic (exact) mass is 442 g/mol. The molecule has 0 saturated carbocycles. The van der Waals surface area contributed by atoms with Gasteiger partial charge in [0.15, 0.2) is 0 Å². The number of nitrogens with one attached hydrogen (secondary N) is 1. The van der Waals surface area contributed by atoms with Gasteiger partial charge in [0.25, 0.3) is 0 Å². The highest BCUT2D eigenvalue weighted by Crippen LogP contribution is 2.24. The second kappa shape index (κ2) is 10.5. The minimum atomic E-state index is -0.189. The molecule has 1 unspecified atom stereocenters. The topological polar surface area (TPSA) is 77.0 Å². The molecule has 0 saturated heterocycles. The van der Waals surface area contributed by atoms with Gasteiger partial charge in [-0.2, -0.15) is 0 Å². The fourth-order valence-corrected chi connectivity index (χ4v) is 3.79. The highest BCUT2D eigenvalue weighted by Gasteiger charge is 2.13. The third kappa shape index (κ3) is 5.86. The molecule has 1 atom stereocenters. The van der Waals surface area contributed by atoms with Crippen LogP contribution in [0.1, 0.15) is 29.1 Å². The fraction of sp³-hybridized carbons (Fsp3) is 0.120. The Hall–Kier alpha value is -3.84. The lowest BCUT2D eigenvalue weighted by molar-refractivity contribution is -0.117. The van der Waals surface area contributed by atoms with Crippen molar-refractivity contribution in [3.05, 3.63) is 101 Å². The molecule has 0 bridgehead atoms. The van der Waals surface area contributed by atoms with E-state index >= 15 is 0 Å². The summed E-state index contributed by atoms with van der Waals surface area (Å²) in [6, 6.07) is 15.1. The maximum absolute atomic E-state index is 12.3. The van der Waals surface area contributed by atoms with Gasteiger partial charge in [0.1, 0.15) is 17.4 Å². The summed E-state index contributed by atoms with van der Waals surface area (Å²) < 4.78 is 5.76. The molecule has 6 nitrogen and oxygen atoms in total. The summed E-state index contributed by atoms with van der Waals surface area (Å²) in [6.07, 6.45) is 10.3. The molecule has 1 amide bonds. The van der Waals surface area contributed by atoms with Crippen LogP contribution in [0.3, 0.4) is 0 Å². The number of nitrogens with zero attached hydrogens (tertiary/aromatic N) is 3. The van der Waals surface area contributed by atoms with Crippen LogP contribution in [-0.2, 0) is 11.4 Å². The largest absolute Gasteiger partial charge is 0.489 e. The van der Waals surface area contributed by atoms with E-state index in [0.29, 0.717) is 6.61 Å². The first-order valence-corrected chi connectivity index (χ1v) is 11.0. The van der Waals surface area contributed by atoms with Crippen LogP contribution in [0.15, 0.2) is 84.8 Å². The van der Waals surface area contributed by atoms with Crippen LogP contribution in [0.5, 0.6) is 5.75 Å². The highest BCUT2D eigenvalue weighted by atomic mass is 32.1. The number of hydrogen-bond acceptors (Lipinski definition) is 6. The molecule has 0 aliphatic heterocycles. The lowest BCUT2D eigenvalue weighted by Crippen LogP contribution is -2.24. The number of amides is 1. The van der Waals surface area contributed by atoms with Crippen LogP contribution in [0.2, 0.25) is 0 Å². The SMILES string of the molecule is CC(NC(=O)C=Cc1ccc(OCc2cccnc2)cc1)c1nc(-c2cccnc2)cs1. The fourth-order valence-electron chi connectivity index (χ4n) is 2.95.